The summed E-state index contributed by atoms with van der Waals surface area (Å²) in [7, 11) is 1.66. The van der Waals surface area contributed by atoms with E-state index in [2.05, 4.69) is 5.32 Å². The molecule has 2 aromatic carbocycles. The van der Waals surface area contributed by atoms with Gasteiger partial charge in [0.05, 0.1) is 18.1 Å². The summed E-state index contributed by atoms with van der Waals surface area (Å²) in [6.45, 7) is 0.308. The van der Waals surface area contributed by atoms with Gasteiger partial charge < -0.3 is 14.6 Å². The van der Waals surface area contributed by atoms with Crippen molar-refractivity contribution >= 4 is 16.9 Å². The minimum absolute atomic E-state index is 0.0571. The topological polar surface area (TPSA) is 56.2 Å². The molecule has 1 N–H and O–H groups in total. The normalized spacial score (nSPS) is 13.8. The number of carbonyl (C=O) groups is 1. The molecule has 1 aliphatic carbocycles. The summed E-state index contributed by atoms with van der Waals surface area (Å²) in [6, 6.07) is 16.3. The van der Waals surface area contributed by atoms with Crippen LogP contribution < -0.4 is 10.1 Å². The van der Waals surface area contributed by atoms with Crippen molar-refractivity contribution < 1.29 is 9.53 Å². The first-order valence-electron chi connectivity index (χ1n) is 8.59. The van der Waals surface area contributed by atoms with E-state index < -0.39 is 0 Å². The van der Waals surface area contributed by atoms with E-state index in [1.807, 2.05) is 53.1 Å². The highest BCUT2D eigenvalue weighted by Gasteiger charge is 2.24. The summed E-state index contributed by atoms with van der Waals surface area (Å²) in [5, 5.41) is 3.06. The summed E-state index contributed by atoms with van der Waals surface area (Å²) >= 11 is 0. The van der Waals surface area contributed by atoms with Crippen molar-refractivity contribution in [2.24, 2.45) is 0 Å². The molecule has 1 fully saturated rings. The first-order valence-corrected chi connectivity index (χ1v) is 8.59. The summed E-state index contributed by atoms with van der Waals surface area (Å²) in [4.78, 5) is 17.1. The number of nitrogens with one attached hydrogen (secondary N) is 1. The lowest BCUT2D eigenvalue weighted by molar-refractivity contribution is -0.121. The summed E-state index contributed by atoms with van der Waals surface area (Å²) in [5.74, 6) is 1.79. The predicted octanol–water partition coefficient (Wildman–Crippen LogP) is 2.91. The van der Waals surface area contributed by atoms with Crippen molar-refractivity contribution in [3.05, 3.63) is 59.9 Å². The van der Waals surface area contributed by atoms with Gasteiger partial charge in [0.25, 0.3) is 0 Å². The van der Waals surface area contributed by atoms with Crippen molar-refractivity contribution in [3.63, 3.8) is 0 Å². The Morgan fingerprint density at radius 3 is 2.68 bits per heavy atom. The van der Waals surface area contributed by atoms with Crippen LogP contribution in [0.15, 0.2) is 48.5 Å². The largest absolute Gasteiger partial charge is 0.497 e. The number of para-hydroxylation sites is 2. The van der Waals surface area contributed by atoms with Crippen molar-refractivity contribution in [2.45, 2.75) is 31.8 Å². The molecule has 0 atom stereocenters. The molecule has 4 rings (SSSR count). The van der Waals surface area contributed by atoms with Gasteiger partial charge in [0.15, 0.2) is 0 Å². The van der Waals surface area contributed by atoms with Gasteiger partial charge in [-0.05, 0) is 42.7 Å². The maximum Gasteiger partial charge on any atom is 0.240 e. The Bertz CT molecular complexity index is 895. The molecular weight excluding hydrogens is 314 g/mol. The molecule has 0 bridgehead atoms. The number of carbonyl (C=O) groups excluding carboxylic acids is 1. The molecule has 0 aliphatic heterocycles. The van der Waals surface area contributed by atoms with Crippen LogP contribution >= 0.6 is 0 Å². The molecule has 1 aromatic heterocycles. The second kappa shape index (κ2) is 6.59. The average molecular weight is 335 g/mol. The number of hydrogen-bond acceptors (Lipinski definition) is 3. The van der Waals surface area contributed by atoms with Crippen LogP contribution in [0.1, 0.15) is 24.2 Å². The van der Waals surface area contributed by atoms with E-state index in [1.54, 1.807) is 7.11 Å². The molecule has 128 valence electrons. The van der Waals surface area contributed by atoms with Gasteiger partial charge in [-0.1, -0.05) is 24.3 Å². The molecule has 0 radical (unpaired) electrons. The van der Waals surface area contributed by atoms with Crippen LogP contribution in [-0.4, -0.2) is 28.6 Å². The molecule has 0 saturated heterocycles. The van der Waals surface area contributed by atoms with Crippen LogP contribution in [0, 0.1) is 0 Å². The van der Waals surface area contributed by atoms with E-state index >= 15 is 0 Å². The minimum Gasteiger partial charge on any atom is -0.497 e. The lowest BCUT2D eigenvalue weighted by Gasteiger charge is -2.10. The number of hydrogen-bond donors (Lipinski definition) is 1. The van der Waals surface area contributed by atoms with Crippen LogP contribution in [0.4, 0.5) is 0 Å². The third-order valence-electron chi connectivity index (χ3n) is 4.50. The molecule has 1 amide bonds. The predicted molar refractivity (Wildman–Crippen MR) is 96.7 cm³/mol. The van der Waals surface area contributed by atoms with Gasteiger partial charge in [-0.15, -0.1) is 0 Å². The molecule has 5 heteroatoms. The number of nitrogens with zero attached hydrogens (tertiary/aromatic N) is 2. The number of benzene rings is 2. The van der Waals surface area contributed by atoms with Crippen molar-refractivity contribution in [2.75, 3.05) is 7.11 Å². The Balaban J connectivity index is 1.63. The Morgan fingerprint density at radius 1 is 1.20 bits per heavy atom. The summed E-state index contributed by atoms with van der Waals surface area (Å²) in [5.41, 5.74) is 3.06. The number of ether oxygens (including phenoxy) is 1. The third kappa shape index (κ3) is 3.50. The van der Waals surface area contributed by atoms with Crippen molar-refractivity contribution in [1.82, 2.24) is 14.9 Å². The quantitative estimate of drug-likeness (QED) is 0.753. The smallest absolute Gasteiger partial charge is 0.240 e. The van der Waals surface area contributed by atoms with Gasteiger partial charge in [-0.25, -0.2) is 4.98 Å². The van der Waals surface area contributed by atoms with E-state index in [0.717, 1.165) is 41.0 Å². The van der Waals surface area contributed by atoms with Gasteiger partial charge in [0, 0.05) is 12.5 Å². The Labute approximate surface area is 146 Å². The molecule has 0 spiro atoms. The molecule has 5 nitrogen and oxygen atoms in total. The zero-order valence-electron chi connectivity index (χ0n) is 14.2. The minimum atomic E-state index is 0.0571. The van der Waals surface area contributed by atoms with Gasteiger partial charge in [-0.2, -0.15) is 0 Å². The van der Waals surface area contributed by atoms with Gasteiger partial charge in [0.1, 0.15) is 18.1 Å². The van der Waals surface area contributed by atoms with Crippen LogP contribution in [0.25, 0.3) is 11.0 Å². The fourth-order valence-electron chi connectivity index (χ4n) is 3.01. The van der Waals surface area contributed by atoms with Crippen LogP contribution in [0.2, 0.25) is 0 Å². The number of aromatic nitrogens is 2. The number of imidazole rings is 1. The highest BCUT2D eigenvalue weighted by atomic mass is 16.5. The molecule has 3 aromatic rings. The second-order valence-electron chi connectivity index (χ2n) is 6.47. The molecule has 0 unspecified atom stereocenters. The van der Waals surface area contributed by atoms with E-state index in [4.69, 9.17) is 9.72 Å². The first-order chi connectivity index (χ1) is 12.2. The maximum atomic E-state index is 12.3. The lowest BCUT2D eigenvalue weighted by Crippen LogP contribution is -2.29. The number of methoxy groups -OCH3 is 1. The molecular formula is C20H21N3O2. The standard InChI is InChI=1S/C20H21N3O2/c1-25-16-10-6-14(7-11-16)12-19-22-17-4-2-3-5-18(17)23(19)13-20(24)21-15-8-9-15/h2-7,10-11,15H,8-9,12-13H2,1H3,(H,21,24). The Hall–Kier alpha value is -2.82. The third-order valence-corrected chi connectivity index (χ3v) is 4.50. The Morgan fingerprint density at radius 2 is 1.96 bits per heavy atom. The molecule has 25 heavy (non-hydrogen) atoms. The van der Waals surface area contributed by atoms with Crippen LogP contribution in [0.3, 0.4) is 0 Å². The van der Waals surface area contributed by atoms with Crippen molar-refractivity contribution in [1.29, 1.82) is 0 Å². The van der Waals surface area contributed by atoms with Crippen LogP contribution in [-0.2, 0) is 17.8 Å². The SMILES string of the molecule is COc1ccc(Cc2nc3ccccc3n2CC(=O)NC2CC2)cc1. The van der Waals surface area contributed by atoms with E-state index in [-0.39, 0.29) is 5.91 Å². The van der Waals surface area contributed by atoms with E-state index in [9.17, 15) is 4.79 Å². The monoisotopic (exact) mass is 335 g/mol. The highest BCUT2D eigenvalue weighted by molar-refractivity contribution is 5.81. The van der Waals surface area contributed by atoms with Gasteiger partial charge in [-0.3, -0.25) is 4.79 Å². The number of amides is 1. The summed E-state index contributed by atoms with van der Waals surface area (Å²) < 4.78 is 7.24. The van der Waals surface area contributed by atoms with E-state index in [1.165, 1.54) is 0 Å². The van der Waals surface area contributed by atoms with Crippen LogP contribution in [0.5, 0.6) is 5.75 Å². The van der Waals surface area contributed by atoms with Gasteiger partial charge in [0.2, 0.25) is 5.91 Å². The zero-order chi connectivity index (χ0) is 17.2. The highest BCUT2D eigenvalue weighted by Crippen LogP contribution is 2.21. The van der Waals surface area contributed by atoms with E-state index in [0.29, 0.717) is 19.0 Å². The molecule has 1 heterocycles. The van der Waals surface area contributed by atoms with Gasteiger partial charge >= 0.3 is 0 Å². The van der Waals surface area contributed by atoms with Crippen molar-refractivity contribution in [3.8, 4) is 5.75 Å². The fraction of sp³-hybridized carbons (Fsp3) is 0.300. The second-order valence-corrected chi connectivity index (χ2v) is 6.47. The number of fused-ring (bicyclic) bond motifs is 1. The molecule has 1 saturated carbocycles. The Kier molecular flexibility index (Phi) is 4.14. The average Bonchev–Trinajstić information content (AvgIpc) is 3.38. The zero-order valence-corrected chi connectivity index (χ0v) is 14.2. The lowest BCUT2D eigenvalue weighted by atomic mass is 10.1. The fourth-order valence-corrected chi connectivity index (χ4v) is 3.01. The maximum absolute atomic E-state index is 12.3. The first kappa shape index (κ1) is 15.7. The summed E-state index contributed by atoms with van der Waals surface area (Å²) in [6.07, 6.45) is 2.86. The molecule has 1 aliphatic rings. The number of rotatable bonds is 6.